The summed E-state index contributed by atoms with van der Waals surface area (Å²) in [4.78, 5) is 12.4. The van der Waals surface area contributed by atoms with Crippen LogP contribution in [0.25, 0.3) is 0 Å². The normalized spacial score (nSPS) is 10.7. The molecule has 0 unspecified atom stereocenters. The lowest BCUT2D eigenvalue weighted by molar-refractivity contribution is 0.102. The van der Waals surface area contributed by atoms with E-state index in [0.29, 0.717) is 5.56 Å². The van der Waals surface area contributed by atoms with Crippen molar-refractivity contribution in [2.75, 3.05) is 5.32 Å². The molecule has 0 bridgehead atoms. The minimum atomic E-state index is -0.108. The number of hydrogen-bond donors (Lipinski definition) is 1. The molecule has 1 heterocycles. The Balaban J connectivity index is 2.32. The molecule has 0 radical (unpaired) electrons. The van der Waals surface area contributed by atoms with Gasteiger partial charge in [0.2, 0.25) is 0 Å². The number of hydrogen-bond acceptors (Lipinski definition) is 2. The molecule has 0 saturated heterocycles. The van der Waals surface area contributed by atoms with Gasteiger partial charge in [-0.3, -0.25) is 9.48 Å². The van der Waals surface area contributed by atoms with Crippen molar-refractivity contribution in [3.05, 3.63) is 45.2 Å². The summed E-state index contributed by atoms with van der Waals surface area (Å²) in [5, 5.41) is 7.30. The van der Waals surface area contributed by atoms with E-state index in [2.05, 4.69) is 26.3 Å². The van der Waals surface area contributed by atoms with Gasteiger partial charge in [0.1, 0.15) is 0 Å². The van der Waals surface area contributed by atoms with Crippen LogP contribution in [0.2, 0.25) is 0 Å². The smallest absolute Gasteiger partial charge is 0.259 e. The van der Waals surface area contributed by atoms with Crippen molar-refractivity contribution < 1.29 is 4.79 Å². The predicted octanol–water partition coefficient (Wildman–Crippen LogP) is 3.61. The first-order chi connectivity index (χ1) is 9.42. The number of nitrogens with one attached hydrogen (secondary N) is 1. The second-order valence-electron chi connectivity index (χ2n) is 4.89. The number of aromatic nitrogens is 2. The van der Waals surface area contributed by atoms with Crippen LogP contribution in [0.3, 0.4) is 0 Å². The van der Waals surface area contributed by atoms with Crippen LogP contribution in [0.1, 0.15) is 34.1 Å². The molecule has 1 aromatic carbocycles. The van der Waals surface area contributed by atoms with Crippen molar-refractivity contribution in [1.29, 1.82) is 0 Å². The third-order valence-electron chi connectivity index (χ3n) is 3.22. The van der Waals surface area contributed by atoms with Crippen molar-refractivity contribution in [2.45, 2.75) is 27.2 Å². The van der Waals surface area contributed by atoms with Gasteiger partial charge in [-0.15, -0.1) is 0 Å². The van der Waals surface area contributed by atoms with E-state index >= 15 is 0 Å². The molecular weight excluding hydrogens is 318 g/mol. The van der Waals surface area contributed by atoms with Gasteiger partial charge in [0.05, 0.1) is 11.3 Å². The van der Waals surface area contributed by atoms with Crippen LogP contribution >= 0.6 is 15.9 Å². The van der Waals surface area contributed by atoms with Gasteiger partial charge in [0.25, 0.3) is 5.91 Å². The van der Waals surface area contributed by atoms with Crippen LogP contribution in [0.4, 0.5) is 5.69 Å². The standard InChI is InChI=1S/C15H18BrN3O/c1-5-13-12(8-19(4)18-13)15(20)17-14-9(2)6-11(16)7-10(14)3/h6-8H,5H2,1-4H3,(H,17,20). The number of rotatable bonds is 3. The van der Waals surface area contributed by atoms with Crippen LogP contribution in [0, 0.1) is 13.8 Å². The molecular formula is C15H18BrN3O. The number of benzene rings is 1. The zero-order chi connectivity index (χ0) is 14.9. The summed E-state index contributed by atoms with van der Waals surface area (Å²) in [6.45, 7) is 5.96. The first kappa shape index (κ1) is 14.8. The highest BCUT2D eigenvalue weighted by Crippen LogP contribution is 2.25. The maximum atomic E-state index is 12.4. The van der Waals surface area contributed by atoms with Gasteiger partial charge in [0.15, 0.2) is 0 Å². The van der Waals surface area contributed by atoms with Crippen LogP contribution in [-0.4, -0.2) is 15.7 Å². The number of carbonyl (C=O) groups is 1. The number of carbonyl (C=O) groups excluding carboxylic acids is 1. The van der Waals surface area contributed by atoms with E-state index < -0.39 is 0 Å². The Morgan fingerprint density at radius 2 is 1.95 bits per heavy atom. The highest BCUT2D eigenvalue weighted by molar-refractivity contribution is 9.10. The van der Waals surface area contributed by atoms with E-state index in [1.807, 2.05) is 40.0 Å². The number of aryl methyl sites for hydroxylation is 4. The molecule has 0 fully saturated rings. The maximum Gasteiger partial charge on any atom is 0.259 e. The van der Waals surface area contributed by atoms with Gasteiger partial charge < -0.3 is 5.32 Å². The van der Waals surface area contributed by atoms with E-state index in [0.717, 1.165) is 33.4 Å². The molecule has 5 heteroatoms. The molecule has 0 spiro atoms. The van der Waals surface area contributed by atoms with Gasteiger partial charge in [-0.1, -0.05) is 22.9 Å². The van der Waals surface area contributed by atoms with E-state index in [1.54, 1.807) is 10.9 Å². The number of nitrogens with zero attached hydrogens (tertiary/aromatic N) is 2. The topological polar surface area (TPSA) is 46.9 Å². The monoisotopic (exact) mass is 335 g/mol. The fourth-order valence-corrected chi connectivity index (χ4v) is 2.96. The molecule has 4 nitrogen and oxygen atoms in total. The number of anilines is 1. The van der Waals surface area contributed by atoms with E-state index in [-0.39, 0.29) is 5.91 Å². The van der Waals surface area contributed by atoms with Crippen LogP contribution < -0.4 is 5.32 Å². The van der Waals surface area contributed by atoms with Crippen LogP contribution in [0.5, 0.6) is 0 Å². The Morgan fingerprint density at radius 1 is 1.35 bits per heavy atom. The summed E-state index contributed by atoms with van der Waals surface area (Å²) in [6.07, 6.45) is 2.50. The zero-order valence-electron chi connectivity index (χ0n) is 12.1. The lowest BCUT2D eigenvalue weighted by Crippen LogP contribution is -2.15. The highest BCUT2D eigenvalue weighted by atomic mass is 79.9. The summed E-state index contributed by atoms with van der Waals surface area (Å²) in [5.41, 5.74) is 4.39. The Labute approximate surface area is 127 Å². The molecule has 20 heavy (non-hydrogen) atoms. The zero-order valence-corrected chi connectivity index (χ0v) is 13.7. The first-order valence-corrected chi connectivity index (χ1v) is 7.32. The Bertz CT molecular complexity index is 638. The highest BCUT2D eigenvalue weighted by Gasteiger charge is 2.16. The average molecular weight is 336 g/mol. The third kappa shape index (κ3) is 2.93. The molecule has 0 aliphatic rings. The molecule has 0 atom stereocenters. The maximum absolute atomic E-state index is 12.4. The minimum Gasteiger partial charge on any atom is -0.321 e. The first-order valence-electron chi connectivity index (χ1n) is 6.53. The summed E-state index contributed by atoms with van der Waals surface area (Å²) in [6, 6.07) is 3.99. The summed E-state index contributed by atoms with van der Waals surface area (Å²) in [7, 11) is 1.83. The van der Waals surface area contributed by atoms with Gasteiger partial charge >= 0.3 is 0 Å². The molecule has 0 aliphatic heterocycles. The Morgan fingerprint density at radius 3 is 2.50 bits per heavy atom. The molecule has 0 saturated carbocycles. The number of amides is 1. The van der Waals surface area contributed by atoms with Crippen molar-refractivity contribution in [3.63, 3.8) is 0 Å². The van der Waals surface area contributed by atoms with E-state index in [9.17, 15) is 4.79 Å². The lowest BCUT2D eigenvalue weighted by atomic mass is 10.1. The molecule has 1 amide bonds. The summed E-state index contributed by atoms with van der Waals surface area (Å²) < 4.78 is 2.69. The van der Waals surface area contributed by atoms with Crippen molar-refractivity contribution in [2.24, 2.45) is 7.05 Å². The molecule has 1 aromatic heterocycles. The molecule has 2 aromatic rings. The summed E-state index contributed by atoms with van der Waals surface area (Å²) >= 11 is 3.46. The molecule has 0 aliphatic carbocycles. The fraction of sp³-hybridized carbons (Fsp3) is 0.333. The fourth-order valence-electron chi connectivity index (χ4n) is 2.27. The third-order valence-corrected chi connectivity index (χ3v) is 3.68. The molecule has 1 N–H and O–H groups in total. The number of halogens is 1. The predicted molar refractivity (Wildman–Crippen MR) is 84.2 cm³/mol. The molecule has 2 rings (SSSR count). The molecule has 106 valence electrons. The average Bonchev–Trinajstić information content (AvgIpc) is 2.75. The van der Waals surface area contributed by atoms with Crippen LogP contribution in [-0.2, 0) is 13.5 Å². The second-order valence-corrected chi connectivity index (χ2v) is 5.80. The van der Waals surface area contributed by atoms with Crippen molar-refractivity contribution in [3.8, 4) is 0 Å². The Kier molecular flexibility index (Phi) is 4.28. The van der Waals surface area contributed by atoms with Gasteiger partial charge in [-0.05, 0) is 43.5 Å². The largest absolute Gasteiger partial charge is 0.321 e. The van der Waals surface area contributed by atoms with Crippen LogP contribution in [0.15, 0.2) is 22.8 Å². The van der Waals surface area contributed by atoms with Gasteiger partial charge in [-0.2, -0.15) is 5.10 Å². The van der Waals surface area contributed by atoms with Crippen molar-refractivity contribution in [1.82, 2.24) is 9.78 Å². The van der Waals surface area contributed by atoms with E-state index in [1.165, 1.54) is 0 Å². The lowest BCUT2D eigenvalue weighted by Gasteiger charge is -2.12. The second kappa shape index (κ2) is 5.79. The van der Waals surface area contributed by atoms with Crippen molar-refractivity contribution >= 4 is 27.5 Å². The quantitative estimate of drug-likeness (QED) is 0.931. The van der Waals surface area contributed by atoms with Gasteiger partial charge in [-0.25, -0.2) is 0 Å². The SMILES string of the molecule is CCc1nn(C)cc1C(=O)Nc1c(C)cc(Br)cc1C. The van der Waals surface area contributed by atoms with Gasteiger partial charge in [0, 0.05) is 23.4 Å². The minimum absolute atomic E-state index is 0.108. The Hall–Kier alpha value is -1.62. The van der Waals surface area contributed by atoms with E-state index in [4.69, 9.17) is 0 Å². The summed E-state index contributed by atoms with van der Waals surface area (Å²) in [5.74, 6) is -0.108.